The van der Waals surface area contributed by atoms with Crippen molar-refractivity contribution < 1.29 is 25.4 Å². The molecule has 0 fully saturated rings. The Labute approximate surface area is 92.7 Å². The molecule has 0 saturated carbocycles. The molecule has 0 aliphatic heterocycles. The SMILES string of the molecule is [2H]CCOCCOCCOCCOCCO. The molecule has 0 heterocycles. The number of ether oxygens (including phenoxy) is 4. The van der Waals surface area contributed by atoms with Crippen molar-refractivity contribution in [2.45, 2.75) is 6.90 Å². The van der Waals surface area contributed by atoms with Gasteiger partial charge in [-0.3, -0.25) is 0 Å². The topological polar surface area (TPSA) is 57.2 Å². The third-order valence-corrected chi connectivity index (χ3v) is 1.50. The van der Waals surface area contributed by atoms with Crippen LogP contribution in [0.3, 0.4) is 0 Å². The van der Waals surface area contributed by atoms with E-state index < -0.39 is 0 Å². The molecule has 5 nitrogen and oxygen atoms in total. The monoisotopic (exact) mass is 223 g/mol. The first kappa shape index (κ1) is 12.9. The van der Waals surface area contributed by atoms with Gasteiger partial charge < -0.3 is 24.1 Å². The van der Waals surface area contributed by atoms with Gasteiger partial charge in [-0.2, -0.15) is 0 Å². The minimum atomic E-state index is 0.0431. The van der Waals surface area contributed by atoms with Gasteiger partial charge >= 0.3 is 0 Å². The van der Waals surface area contributed by atoms with Gasteiger partial charge in [0.2, 0.25) is 0 Å². The Hall–Kier alpha value is -0.200. The van der Waals surface area contributed by atoms with Crippen molar-refractivity contribution in [2.75, 3.05) is 59.5 Å². The molecule has 5 heteroatoms. The van der Waals surface area contributed by atoms with E-state index in [-0.39, 0.29) is 13.5 Å². The lowest BCUT2D eigenvalue weighted by molar-refractivity contribution is -0.00438. The quantitative estimate of drug-likeness (QED) is 0.474. The highest BCUT2D eigenvalue weighted by molar-refractivity contribution is 4.34. The van der Waals surface area contributed by atoms with Crippen LogP contribution in [0.1, 0.15) is 8.27 Å². The fourth-order valence-corrected chi connectivity index (χ4v) is 0.826. The summed E-state index contributed by atoms with van der Waals surface area (Å²) in [7, 11) is 0. The maximum Gasteiger partial charge on any atom is 0.0701 e. The zero-order valence-corrected chi connectivity index (χ0v) is 9.15. The lowest BCUT2D eigenvalue weighted by Crippen LogP contribution is -2.12. The summed E-state index contributed by atoms with van der Waals surface area (Å²) in [5, 5.41) is 8.42. The van der Waals surface area contributed by atoms with Gasteiger partial charge in [0.25, 0.3) is 0 Å². The second kappa shape index (κ2) is 13.8. The Kier molecular flexibility index (Phi) is 11.8. The molecule has 0 bridgehead atoms. The Morgan fingerprint density at radius 3 is 1.73 bits per heavy atom. The Balaban J connectivity index is 2.83. The van der Waals surface area contributed by atoms with E-state index in [0.717, 1.165) is 0 Å². The average molecular weight is 223 g/mol. The summed E-state index contributed by atoms with van der Waals surface area (Å²) in [6, 6.07) is 0. The molecule has 0 aromatic rings. The number of aliphatic hydroxyl groups excluding tert-OH is 1. The van der Waals surface area contributed by atoms with E-state index in [2.05, 4.69) is 0 Å². The molecule has 0 aliphatic carbocycles. The van der Waals surface area contributed by atoms with Crippen LogP contribution in [-0.4, -0.2) is 64.6 Å². The maximum atomic E-state index is 8.42. The second-order valence-corrected chi connectivity index (χ2v) is 2.67. The van der Waals surface area contributed by atoms with Crippen LogP contribution in [0.5, 0.6) is 0 Å². The molecule has 92 valence electrons. The molecule has 0 atom stereocenters. The molecule has 0 rings (SSSR count). The highest BCUT2D eigenvalue weighted by Gasteiger charge is 1.91. The molecule has 0 saturated heterocycles. The van der Waals surface area contributed by atoms with E-state index >= 15 is 0 Å². The van der Waals surface area contributed by atoms with Crippen molar-refractivity contribution in [2.24, 2.45) is 0 Å². The van der Waals surface area contributed by atoms with Gasteiger partial charge in [0.05, 0.1) is 52.9 Å². The smallest absolute Gasteiger partial charge is 0.0701 e. The van der Waals surface area contributed by atoms with E-state index in [1.54, 1.807) is 0 Å². The average Bonchev–Trinajstić information content (AvgIpc) is 2.31. The van der Waals surface area contributed by atoms with Crippen LogP contribution < -0.4 is 0 Å². The van der Waals surface area contributed by atoms with Crippen LogP contribution >= 0.6 is 0 Å². The Bertz CT molecular complexity index is 112. The van der Waals surface area contributed by atoms with Crippen LogP contribution in [-0.2, 0) is 18.9 Å². The van der Waals surface area contributed by atoms with Crippen molar-refractivity contribution in [1.29, 1.82) is 0 Å². The van der Waals surface area contributed by atoms with E-state index in [9.17, 15) is 0 Å². The van der Waals surface area contributed by atoms with Crippen LogP contribution in [0.4, 0.5) is 0 Å². The molecule has 0 unspecified atom stereocenters. The second-order valence-electron chi connectivity index (χ2n) is 2.67. The molecule has 0 aliphatic rings. The third-order valence-electron chi connectivity index (χ3n) is 1.50. The number of hydrogen-bond donors (Lipinski definition) is 1. The van der Waals surface area contributed by atoms with Crippen LogP contribution in [0.2, 0.25) is 0 Å². The number of rotatable bonds is 12. The van der Waals surface area contributed by atoms with Crippen molar-refractivity contribution >= 4 is 0 Å². The molecule has 15 heavy (non-hydrogen) atoms. The van der Waals surface area contributed by atoms with Gasteiger partial charge in [-0.05, 0) is 6.90 Å². The van der Waals surface area contributed by atoms with Gasteiger partial charge in [0, 0.05) is 7.98 Å². The molecule has 1 N–H and O–H groups in total. The molecule has 0 aromatic carbocycles. The standard InChI is InChI=1S/C10H22O5/c1-2-12-5-6-14-9-10-15-8-7-13-4-3-11/h11H,2-10H2,1H3/i1D. The van der Waals surface area contributed by atoms with Crippen molar-refractivity contribution in [3.8, 4) is 0 Å². The first-order valence-electron chi connectivity index (χ1n) is 5.83. The number of aliphatic hydroxyl groups is 1. The Morgan fingerprint density at radius 2 is 1.27 bits per heavy atom. The zero-order chi connectivity index (χ0) is 11.9. The molecular formula is C10H22O5. The summed E-state index contributed by atoms with van der Waals surface area (Å²) in [5.41, 5.74) is 0. The lowest BCUT2D eigenvalue weighted by Gasteiger charge is -2.06. The predicted molar refractivity (Wildman–Crippen MR) is 56.0 cm³/mol. The molecule has 0 aromatic heterocycles. The molecule has 0 amide bonds. The summed E-state index contributed by atoms with van der Waals surface area (Å²) in [6.45, 7) is 4.27. The van der Waals surface area contributed by atoms with E-state index in [4.69, 9.17) is 25.4 Å². The van der Waals surface area contributed by atoms with Crippen LogP contribution in [0, 0.1) is 0 Å². The van der Waals surface area contributed by atoms with Crippen LogP contribution in [0.15, 0.2) is 0 Å². The minimum absolute atomic E-state index is 0.0431. The van der Waals surface area contributed by atoms with Crippen molar-refractivity contribution in [1.82, 2.24) is 0 Å². The van der Waals surface area contributed by atoms with Gasteiger partial charge in [-0.25, -0.2) is 0 Å². The molecule has 0 spiro atoms. The maximum absolute atomic E-state index is 8.42. The lowest BCUT2D eigenvalue weighted by atomic mass is 10.7. The molecule has 0 radical (unpaired) electrons. The van der Waals surface area contributed by atoms with Crippen molar-refractivity contribution in [3.63, 3.8) is 0 Å². The highest BCUT2D eigenvalue weighted by atomic mass is 16.6. The number of hydrogen-bond acceptors (Lipinski definition) is 5. The summed E-state index contributed by atoms with van der Waals surface area (Å²) in [5.74, 6) is 0. The van der Waals surface area contributed by atoms with Gasteiger partial charge in [-0.15, -0.1) is 0 Å². The summed E-state index contributed by atoms with van der Waals surface area (Å²) in [6.07, 6.45) is 0. The van der Waals surface area contributed by atoms with Gasteiger partial charge in [0.15, 0.2) is 0 Å². The normalized spacial score (nSPS) is 11.7. The summed E-state index contributed by atoms with van der Waals surface area (Å²) >= 11 is 0. The first-order chi connectivity index (χ1) is 7.91. The largest absolute Gasteiger partial charge is 0.394 e. The summed E-state index contributed by atoms with van der Waals surface area (Å²) in [4.78, 5) is 0. The highest BCUT2D eigenvalue weighted by Crippen LogP contribution is 1.82. The fraction of sp³-hybridized carbons (Fsp3) is 1.00. The van der Waals surface area contributed by atoms with Gasteiger partial charge in [0.1, 0.15) is 0 Å². The van der Waals surface area contributed by atoms with Crippen LogP contribution in [0.25, 0.3) is 0 Å². The molecular weight excluding hydrogens is 200 g/mol. The summed E-state index contributed by atoms with van der Waals surface area (Å²) < 4.78 is 27.3. The van der Waals surface area contributed by atoms with Gasteiger partial charge in [-0.1, -0.05) is 0 Å². The first-order valence-corrected chi connectivity index (χ1v) is 5.13. The van der Waals surface area contributed by atoms with E-state index in [1.807, 2.05) is 0 Å². The predicted octanol–water partition coefficient (Wildman–Crippen LogP) is 0.0650. The minimum Gasteiger partial charge on any atom is -0.394 e. The zero-order valence-electron chi connectivity index (χ0n) is 10.2. The van der Waals surface area contributed by atoms with E-state index in [0.29, 0.717) is 52.9 Å². The van der Waals surface area contributed by atoms with Crippen molar-refractivity contribution in [3.05, 3.63) is 0 Å². The Morgan fingerprint density at radius 1 is 0.800 bits per heavy atom. The fourth-order valence-electron chi connectivity index (χ4n) is 0.826. The third kappa shape index (κ3) is 13.8. The van der Waals surface area contributed by atoms with E-state index in [1.165, 1.54) is 0 Å².